The van der Waals surface area contributed by atoms with Gasteiger partial charge in [-0.05, 0) is 42.5 Å². The maximum absolute atomic E-state index is 12.8. The number of carbonyl (C=O) groups excluding carboxylic acids is 1. The summed E-state index contributed by atoms with van der Waals surface area (Å²) in [6.45, 7) is 0.647. The molecule has 1 aromatic carbocycles. The Hall–Kier alpha value is -2.38. The summed E-state index contributed by atoms with van der Waals surface area (Å²) in [5.74, 6) is 1.48. The Kier molecular flexibility index (Phi) is 4.65. The van der Waals surface area contributed by atoms with E-state index >= 15 is 0 Å². The van der Waals surface area contributed by atoms with E-state index in [-0.39, 0.29) is 11.9 Å². The molecule has 0 saturated carbocycles. The molecule has 1 saturated heterocycles. The first-order valence-electron chi connectivity index (χ1n) is 8.19. The van der Waals surface area contributed by atoms with Crippen molar-refractivity contribution >= 4 is 28.8 Å². The van der Waals surface area contributed by atoms with Crippen LogP contribution in [0.4, 0.5) is 0 Å². The maximum atomic E-state index is 12.8. The second-order valence-electron chi connectivity index (χ2n) is 5.93. The summed E-state index contributed by atoms with van der Waals surface area (Å²) in [7, 11) is 1.61. The fourth-order valence-electron chi connectivity index (χ4n) is 3.09. The molecule has 0 aliphatic carbocycles. The van der Waals surface area contributed by atoms with E-state index in [2.05, 4.69) is 10.2 Å². The molecule has 3 heterocycles. The zero-order valence-electron chi connectivity index (χ0n) is 14.0. The van der Waals surface area contributed by atoms with Gasteiger partial charge in [-0.25, -0.2) is 0 Å². The number of benzene rings is 1. The quantitative estimate of drug-likeness (QED) is 0.659. The third-order valence-corrected chi connectivity index (χ3v) is 5.70. The van der Waals surface area contributed by atoms with E-state index in [0.717, 1.165) is 18.4 Å². The minimum atomic E-state index is -0.229. The topological polar surface area (TPSA) is 68.5 Å². The van der Waals surface area contributed by atoms with Gasteiger partial charge < -0.3 is 14.1 Å². The lowest BCUT2D eigenvalue weighted by molar-refractivity contribution is 0.0721. The first-order chi connectivity index (χ1) is 12.7. The van der Waals surface area contributed by atoms with Crippen LogP contribution in [0, 0.1) is 0 Å². The van der Waals surface area contributed by atoms with E-state index in [9.17, 15) is 4.79 Å². The van der Waals surface area contributed by atoms with Crippen molar-refractivity contribution in [1.29, 1.82) is 0 Å². The van der Waals surface area contributed by atoms with E-state index < -0.39 is 0 Å². The van der Waals surface area contributed by atoms with E-state index in [1.54, 1.807) is 18.1 Å². The number of amides is 1. The van der Waals surface area contributed by atoms with Gasteiger partial charge in [-0.1, -0.05) is 17.7 Å². The molecule has 1 unspecified atom stereocenters. The van der Waals surface area contributed by atoms with Crippen molar-refractivity contribution in [3.63, 3.8) is 0 Å². The molecule has 8 heteroatoms. The van der Waals surface area contributed by atoms with Crippen LogP contribution >= 0.6 is 22.9 Å². The lowest BCUT2D eigenvalue weighted by Gasteiger charge is -2.21. The second kappa shape index (κ2) is 7.09. The van der Waals surface area contributed by atoms with Crippen molar-refractivity contribution in [3.8, 4) is 17.2 Å². The second-order valence-corrected chi connectivity index (χ2v) is 7.25. The van der Waals surface area contributed by atoms with Crippen molar-refractivity contribution in [3.05, 3.63) is 51.5 Å². The minimum Gasteiger partial charge on any atom is -0.497 e. The number of thiophene rings is 1. The monoisotopic (exact) mass is 389 g/mol. The van der Waals surface area contributed by atoms with Gasteiger partial charge in [-0.15, -0.1) is 21.5 Å². The largest absolute Gasteiger partial charge is 0.497 e. The summed E-state index contributed by atoms with van der Waals surface area (Å²) in [6.07, 6.45) is 1.67. The molecular weight excluding hydrogens is 374 g/mol. The summed E-state index contributed by atoms with van der Waals surface area (Å²) in [4.78, 5) is 15.1. The van der Waals surface area contributed by atoms with Gasteiger partial charge in [0.1, 0.15) is 16.7 Å². The normalized spacial score (nSPS) is 16.8. The lowest BCUT2D eigenvalue weighted by atomic mass is 10.2. The number of aromatic nitrogens is 2. The highest BCUT2D eigenvalue weighted by Gasteiger charge is 2.35. The predicted octanol–water partition coefficient (Wildman–Crippen LogP) is 4.44. The molecule has 0 N–H and O–H groups in total. The first kappa shape index (κ1) is 17.1. The van der Waals surface area contributed by atoms with Gasteiger partial charge in [-0.3, -0.25) is 4.79 Å². The van der Waals surface area contributed by atoms with Crippen LogP contribution in [0.1, 0.15) is 34.4 Å². The number of methoxy groups -OCH3 is 1. The number of hydrogen-bond acceptors (Lipinski definition) is 6. The SMILES string of the molecule is COc1cccc(-c2nnc(C3CCCN3C(=O)c3sccc3Cl)o2)c1. The van der Waals surface area contributed by atoms with E-state index in [4.69, 9.17) is 20.8 Å². The standard InChI is InChI=1S/C18H16ClN3O3S/c1-24-12-5-2-4-11(10-12)16-20-21-17(25-16)14-6-3-8-22(14)18(23)15-13(19)7-9-26-15/h2,4-5,7,9-10,14H,3,6,8H2,1H3. The summed E-state index contributed by atoms with van der Waals surface area (Å²) in [6, 6.07) is 8.93. The Morgan fingerprint density at radius 1 is 1.38 bits per heavy atom. The lowest BCUT2D eigenvalue weighted by Crippen LogP contribution is -2.30. The van der Waals surface area contributed by atoms with Crippen molar-refractivity contribution in [2.45, 2.75) is 18.9 Å². The van der Waals surface area contributed by atoms with Crippen LogP contribution in [0.15, 0.2) is 40.1 Å². The molecule has 6 nitrogen and oxygen atoms in total. The maximum Gasteiger partial charge on any atom is 0.266 e. The molecule has 134 valence electrons. The molecule has 1 aliphatic rings. The number of ether oxygens (including phenoxy) is 1. The van der Waals surface area contributed by atoms with Crippen LogP contribution in [0.3, 0.4) is 0 Å². The molecule has 2 aromatic heterocycles. The van der Waals surface area contributed by atoms with Crippen molar-refractivity contribution in [1.82, 2.24) is 15.1 Å². The first-order valence-corrected chi connectivity index (χ1v) is 9.45. The van der Waals surface area contributed by atoms with Crippen LogP contribution in [-0.2, 0) is 0 Å². The predicted molar refractivity (Wildman–Crippen MR) is 98.6 cm³/mol. The highest BCUT2D eigenvalue weighted by atomic mass is 35.5. The number of nitrogens with zero attached hydrogens (tertiary/aromatic N) is 3. The summed E-state index contributed by atoms with van der Waals surface area (Å²) in [5, 5.41) is 10.6. The number of likely N-dealkylation sites (tertiary alicyclic amines) is 1. The van der Waals surface area contributed by atoms with Gasteiger partial charge in [0.15, 0.2) is 0 Å². The number of rotatable bonds is 4. The average Bonchev–Trinajstić information content (AvgIpc) is 3.40. The fourth-order valence-corrected chi connectivity index (χ4v) is 4.18. The van der Waals surface area contributed by atoms with Gasteiger partial charge in [-0.2, -0.15) is 0 Å². The zero-order chi connectivity index (χ0) is 18.1. The van der Waals surface area contributed by atoms with Gasteiger partial charge in [0.05, 0.1) is 12.1 Å². The highest BCUT2D eigenvalue weighted by molar-refractivity contribution is 7.12. The number of carbonyl (C=O) groups is 1. The van der Waals surface area contributed by atoms with E-state index in [0.29, 0.717) is 34.0 Å². The van der Waals surface area contributed by atoms with Gasteiger partial charge in [0, 0.05) is 12.1 Å². The molecule has 26 heavy (non-hydrogen) atoms. The van der Waals surface area contributed by atoms with Gasteiger partial charge in [0.25, 0.3) is 5.91 Å². The van der Waals surface area contributed by atoms with Crippen molar-refractivity contribution < 1.29 is 13.9 Å². The Morgan fingerprint density at radius 2 is 2.27 bits per heavy atom. The van der Waals surface area contributed by atoms with Crippen LogP contribution in [0.5, 0.6) is 5.75 Å². The molecule has 3 aromatic rings. The van der Waals surface area contributed by atoms with Crippen molar-refractivity contribution in [2.75, 3.05) is 13.7 Å². The third kappa shape index (κ3) is 3.08. The molecular formula is C18H16ClN3O3S. The Balaban J connectivity index is 1.60. The van der Waals surface area contributed by atoms with E-state index in [1.807, 2.05) is 29.6 Å². The number of halogens is 1. The fraction of sp³-hybridized carbons (Fsp3) is 0.278. The molecule has 1 amide bonds. The summed E-state index contributed by atoms with van der Waals surface area (Å²) >= 11 is 7.46. The van der Waals surface area contributed by atoms with E-state index in [1.165, 1.54) is 11.3 Å². The molecule has 0 bridgehead atoms. The highest BCUT2D eigenvalue weighted by Crippen LogP contribution is 2.36. The molecule has 1 atom stereocenters. The smallest absolute Gasteiger partial charge is 0.266 e. The van der Waals surface area contributed by atoms with Crippen LogP contribution in [-0.4, -0.2) is 34.7 Å². The molecule has 0 spiro atoms. The summed E-state index contributed by atoms with van der Waals surface area (Å²) in [5.41, 5.74) is 0.778. The van der Waals surface area contributed by atoms with Crippen molar-refractivity contribution in [2.24, 2.45) is 0 Å². The molecule has 1 fully saturated rings. The molecule has 4 rings (SSSR count). The summed E-state index contributed by atoms with van der Waals surface area (Å²) < 4.78 is 11.1. The third-order valence-electron chi connectivity index (χ3n) is 4.37. The molecule has 0 radical (unpaired) electrons. The Bertz CT molecular complexity index is 939. The van der Waals surface area contributed by atoms with Gasteiger partial charge >= 0.3 is 0 Å². The Labute approximate surface area is 159 Å². The minimum absolute atomic E-state index is 0.0892. The van der Waals surface area contributed by atoms with Crippen LogP contribution in [0.25, 0.3) is 11.5 Å². The molecule has 1 aliphatic heterocycles. The average molecular weight is 390 g/mol. The van der Waals surface area contributed by atoms with Crippen LogP contribution in [0.2, 0.25) is 5.02 Å². The van der Waals surface area contributed by atoms with Gasteiger partial charge in [0.2, 0.25) is 11.8 Å². The zero-order valence-corrected chi connectivity index (χ0v) is 15.6. The Morgan fingerprint density at radius 3 is 3.04 bits per heavy atom. The van der Waals surface area contributed by atoms with Crippen LogP contribution < -0.4 is 4.74 Å². The number of hydrogen-bond donors (Lipinski definition) is 0.